The van der Waals surface area contributed by atoms with E-state index in [-0.39, 0.29) is 24.7 Å². The molecule has 0 radical (unpaired) electrons. The van der Waals surface area contributed by atoms with Gasteiger partial charge in [0.25, 0.3) is 11.5 Å². The molecule has 10 nitrogen and oxygen atoms in total. The fraction of sp³-hybridized carbons (Fsp3) is 0.409. The minimum atomic E-state index is -1.20. The number of piperidine rings is 1. The van der Waals surface area contributed by atoms with Gasteiger partial charge in [-0.3, -0.25) is 24.1 Å². The number of aromatic nitrogens is 2. The first kappa shape index (κ1) is 23.9. The third-order valence-corrected chi connectivity index (χ3v) is 5.64. The Kier molecular flexibility index (Phi) is 7.08. The van der Waals surface area contributed by atoms with Crippen LogP contribution in [-0.2, 0) is 18.4 Å². The van der Waals surface area contributed by atoms with Crippen molar-refractivity contribution in [1.82, 2.24) is 14.5 Å². The maximum absolute atomic E-state index is 13.8. The second-order valence-electron chi connectivity index (χ2n) is 8.03. The molecule has 174 valence electrons. The van der Waals surface area contributed by atoms with E-state index in [2.05, 4.69) is 5.32 Å². The van der Waals surface area contributed by atoms with E-state index in [0.717, 1.165) is 10.6 Å². The number of hydrogen-bond donors (Lipinski definition) is 3. The summed E-state index contributed by atoms with van der Waals surface area (Å²) in [6, 6.07) is 6.59. The first-order chi connectivity index (χ1) is 15.6. The van der Waals surface area contributed by atoms with Crippen LogP contribution in [0, 0.1) is 22.6 Å². The van der Waals surface area contributed by atoms with Crippen LogP contribution >= 0.6 is 0 Å². The van der Waals surface area contributed by atoms with Gasteiger partial charge in [0.2, 0.25) is 0 Å². The van der Waals surface area contributed by atoms with Gasteiger partial charge in [0.05, 0.1) is 24.3 Å². The van der Waals surface area contributed by atoms with Gasteiger partial charge < -0.3 is 15.3 Å². The van der Waals surface area contributed by atoms with Gasteiger partial charge in [-0.2, -0.15) is 5.26 Å². The number of benzene rings is 1. The molecule has 0 saturated carbocycles. The number of nitriles is 1. The third kappa shape index (κ3) is 5.18. The SMILES string of the molecule is C[C@H](O)C(=N)C(=O)N[C@@H]1CCCN(c2cc(=O)n(C)c(=O)n2Cc2cc(F)ccc2C#N)C1. The molecule has 33 heavy (non-hydrogen) atoms. The molecule has 1 aliphatic rings. The molecule has 0 spiro atoms. The number of hydrogen-bond acceptors (Lipinski definition) is 7. The Morgan fingerprint density at radius 1 is 1.39 bits per heavy atom. The number of halogens is 1. The molecular formula is C22H25FN6O4. The summed E-state index contributed by atoms with van der Waals surface area (Å²) in [6.45, 7) is 1.97. The second kappa shape index (κ2) is 9.79. The number of anilines is 1. The normalized spacial score (nSPS) is 16.7. The zero-order chi connectivity index (χ0) is 24.3. The van der Waals surface area contributed by atoms with Crippen molar-refractivity contribution in [2.45, 2.75) is 38.5 Å². The Hall–Kier alpha value is -3.78. The molecule has 2 atom stereocenters. The van der Waals surface area contributed by atoms with E-state index in [1.807, 2.05) is 6.07 Å². The van der Waals surface area contributed by atoms with Crippen LogP contribution in [0.2, 0.25) is 0 Å². The summed E-state index contributed by atoms with van der Waals surface area (Å²) in [4.78, 5) is 39.3. The zero-order valence-corrected chi connectivity index (χ0v) is 18.3. The van der Waals surface area contributed by atoms with E-state index in [1.165, 1.54) is 36.7 Å². The highest BCUT2D eigenvalue weighted by atomic mass is 19.1. The molecule has 1 aliphatic heterocycles. The first-order valence-electron chi connectivity index (χ1n) is 10.4. The summed E-state index contributed by atoms with van der Waals surface area (Å²) in [7, 11) is 1.34. The Morgan fingerprint density at radius 2 is 2.12 bits per heavy atom. The molecule has 1 amide bonds. The maximum Gasteiger partial charge on any atom is 0.332 e. The summed E-state index contributed by atoms with van der Waals surface area (Å²) >= 11 is 0. The van der Waals surface area contributed by atoms with Crippen LogP contribution in [0.25, 0.3) is 0 Å². The zero-order valence-electron chi connectivity index (χ0n) is 18.3. The number of carbonyl (C=O) groups excluding carboxylic acids is 1. The molecule has 3 rings (SSSR count). The predicted molar refractivity (Wildman–Crippen MR) is 119 cm³/mol. The van der Waals surface area contributed by atoms with Gasteiger partial charge in [-0.25, -0.2) is 9.18 Å². The predicted octanol–water partition coefficient (Wildman–Crippen LogP) is 0.0917. The molecular weight excluding hydrogens is 431 g/mol. The lowest BCUT2D eigenvalue weighted by Gasteiger charge is -2.36. The number of rotatable bonds is 6. The number of aliphatic hydroxyl groups excluding tert-OH is 1. The largest absolute Gasteiger partial charge is 0.387 e. The molecule has 11 heteroatoms. The van der Waals surface area contributed by atoms with Crippen molar-refractivity contribution in [3.8, 4) is 6.07 Å². The van der Waals surface area contributed by atoms with Crippen molar-refractivity contribution in [3.63, 3.8) is 0 Å². The Bertz CT molecular complexity index is 1240. The number of aliphatic hydroxyl groups is 1. The fourth-order valence-electron chi connectivity index (χ4n) is 3.80. The van der Waals surface area contributed by atoms with Crippen LogP contribution in [0.1, 0.15) is 30.9 Å². The lowest BCUT2D eigenvalue weighted by Crippen LogP contribution is -2.52. The highest BCUT2D eigenvalue weighted by Crippen LogP contribution is 2.20. The molecule has 0 aliphatic carbocycles. The second-order valence-corrected chi connectivity index (χ2v) is 8.03. The van der Waals surface area contributed by atoms with Gasteiger partial charge in [0.1, 0.15) is 17.3 Å². The van der Waals surface area contributed by atoms with E-state index >= 15 is 0 Å². The van der Waals surface area contributed by atoms with Crippen molar-refractivity contribution < 1.29 is 14.3 Å². The van der Waals surface area contributed by atoms with E-state index < -0.39 is 34.8 Å². The van der Waals surface area contributed by atoms with Crippen LogP contribution in [0.4, 0.5) is 10.2 Å². The Morgan fingerprint density at radius 3 is 2.79 bits per heavy atom. The highest BCUT2D eigenvalue weighted by Gasteiger charge is 2.26. The minimum absolute atomic E-state index is 0.122. The Labute approximate surface area is 189 Å². The van der Waals surface area contributed by atoms with Gasteiger partial charge in [0, 0.05) is 32.2 Å². The van der Waals surface area contributed by atoms with Crippen molar-refractivity contribution in [3.05, 3.63) is 62.0 Å². The molecule has 0 bridgehead atoms. The Balaban J connectivity index is 1.96. The summed E-state index contributed by atoms with van der Waals surface area (Å²) in [5.74, 6) is -0.942. The molecule has 2 heterocycles. The van der Waals surface area contributed by atoms with Crippen LogP contribution in [0.3, 0.4) is 0 Å². The highest BCUT2D eigenvalue weighted by molar-refractivity contribution is 6.39. The monoisotopic (exact) mass is 456 g/mol. The maximum atomic E-state index is 13.8. The van der Waals surface area contributed by atoms with Gasteiger partial charge in [-0.1, -0.05) is 0 Å². The molecule has 1 fully saturated rings. The van der Waals surface area contributed by atoms with Gasteiger partial charge in [-0.05, 0) is 43.5 Å². The van der Waals surface area contributed by atoms with Crippen LogP contribution < -0.4 is 21.5 Å². The van der Waals surface area contributed by atoms with Gasteiger partial charge >= 0.3 is 5.69 Å². The topological polar surface area (TPSA) is 144 Å². The molecule has 2 aromatic rings. The van der Waals surface area contributed by atoms with Crippen molar-refractivity contribution in [1.29, 1.82) is 10.7 Å². The molecule has 1 saturated heterocycles. The van der Waals surface area contributed by atoms with Crippen LogP contribution in [0.15, 0.2) is 33.9 Å². The number of carbonyl (C=O) groups is 1. The molecule has 1 aromatic heterocycles. The van der Waals surface area contributed by atoms with Crippen molar-refractivity contribution in [2.75, 3.05) is 18.0 Å². The van der Waals surface area contributed by atoms with Crippen molar-refractivity contribution >= 4 is 17.4 Å². The average Bonchev–Trinajstić information content (AvgIpc) is 2.79. The number of nitrogens with zero attached hydrogens (tertiary/aromatic N) is 4. The number of nitrogens with one attached hydrogen (secondary N) is 2. The standard InChI is InChI=1S/C22H25FN6O4/c1-13(30)20(25)21(32)26-17-4-3-7-28(12-17)18-9-19(31)27(2)22(33)29(18)11-15-8-16(23)6-5-14(15)10-24/h5-6,8-9,13,17,25,30H,3-4,7,11-12H2,1-2H3,(H,26,32)/t13-,17+/m0/s1. The third-order valence-electron chi connectivity index (χ3n) is 5.64. The summed E-state index contributed by atoms with van der Waals surface area (Å²) in [5.41, 5.74) is -1.08. The van der Waals surface area contributed by atoms with Gasteiger partial charge in [-0.15, -0.1) is 0 Å². The summed E-state index contributed by atoms with van der Waals surface area (Å²) < 4.78 is 16.1. The molecule has 1 aromatic carbocycles. The van der Waals surface area contributed by atoms with Crippen molar-refractivity contribution in [2.24, 2.45) is 7.05 Å². The van der Waals surface area contributed by atoms with E-state index in [4.69, 9.17) is 5.41 Å². The number of amides is 1. The lowest BCUT2D eigenvalue weighted by atomic mass is 10.0. The van der Waals surface area contributed by atoms with Crippen LogP contribution in [-0.4, -0.2) is 51.1 Å². The average molecular weight is 456 g/mol. The fourth-order valence-corrected chi connectivity index (χ4v) is 3.80. The summed E-state index contributed by atoms with van der Waals surface area (Å²) in [6.07, 6.45) is 0.0553. The van der Waals surface area contributed by atoms with Gasteiger partial charge in [0.15, 0.2) is 0 Å². The smallest absolute Gasteiger partial charge is 0.332 e. The van der Waals surface area contributed by atoms with E-state index in [9.17, 15) is 29.1 Å². The molecule has 3 N–H and O–H groups in total. The lowest BCUT2D eigenvalue weighted by molar-refractivity contribution is -0.116. The molecule has 0 unspecified atom stereocenters. The van der Waals surface area contributed by atoms with Crippen LogP contribution in [0.5, 0.6) is 0 Å². The quantitative estimate of drug-likeness (QED) is 0.526. The first-order valence-corrected chi connectivity index (χ1v) is 10.4. The summed E-state index contributed by atoms with van der Waals surface area (Å²) in [5, 5.41) is 29.2. The minimum Gasteiger partial charge on any atom is -0.387 e. The van der Waals surface area contributed by atoms with E-state index in [1.54, 1.807) is 4.90 Å². The van der Waals surface area contributed by atoms with E-state index in [0.29, 0.717) is 30.8 Å².